The maximum Gasteiger partial charge on any atom is 0.330 e. The Hall–Kier alpha value is -0.830. The molecule has 2 unspecified atom stereocenters. The second-order valence-electron chi connectivity index (χ2n) is 3.13. The molecule has 0 spiro atoms. The van der Waals surface area contributed by atoms with Gasteiger partial charge in [0, 0.05) is 12.1 Å². The third-order valence-corrected chi connectivity index (χ3v) is 2.19. The van der Waals surface area contributed by atoms with E-state index in [1.165, 1.54) is 6.08 Å². The van der Waals surface area contributed by atoms with Crippen LogP contribution in [0.3, 0.4) is 0 Å². The maximum absolute atomic E-state index is 10.8. The van der Waals surface area contributed by atoms with E-state index in [9.17, 15) is 4.79 Å². The van der Waals surface area contributed by atoms with Gasteiger partial charge >= 0.3 is 5.97 Å². The minimum atomic E-state index is -0.364. The lowest BCUT2D eigenvalue weighted by Gasteiger charge is -2.27. The Bertz CT molecular complexity index is 179. The van der Waals surface area contributed by atoms with Gasteiger partial charge in [0.15, 0.2) is 0 Å². The minimum Gasteiger partial charge on any atom is -0.458 e. The van der Waals surface area contributed by atoms with Crippen molar-refractivity contribution < 1.29 is 9.53 Å². The summed E-state index contributed by atoms with van der Waals surface area (Å²) in [6.07, 6.45) is 5.17. The molecule has 0 heterocycles. The molecule has 0 aromatic carbocycles. The van der Waals surface area contributed by atoms with Gasteiger partial charge in [-0.25, -0.2) is 4.79 Å². The third-order valence-electron chi connectivity index (χ3n) is 2.19. The molecule has 1 aliphatic rings. The van der Waals surface area contributed by atoms with Gasteiger partial charge in [0.2, 0.25) is 0 Å². The van der Waals surface area contributed by atoms with Crippen LogP contribution in [0.5, 0.6) is 0 Å². The predicted octanol–water partition coefficient (Wildman–Crippen LogP) is 0.985. The third kappa shape index (κ3) is 2.34. The molecule has 0 bridgehead atoms. The molecule has 0 radical (unpaired) electrons. The first-order valence-corrected chi connectivity index (χ1v) is 4.32. The van der Waals surface area contributed by atoms with Crippen molar-refractivity contribution in [3.8, 4) is 0 Å². The fourth-order valence-electron chi connectivity index (χ4n) is 1.47. The highest BCUT2D eigenvalue weighted by Crippen LogP contribution is 2.19. The van der Waals surface area contributed by atoms with E-state index in [4.69, 9.17) is 10.5 Å². The van der Waals surface area contributed by atoms with E-state index in [1.54, 1.807) is 0 Å². The average molecular weight is 169 g/mol. The Morgan fingerprint density at radius 3 is 2.75 bits per heavy atom. The monoisotopic (exact) mass is 169 g/mol. The second kappa shape index (κ2) is 4.26. The molecule has 0 aromatic rings. The molecule has 0 aliphatic heterocycles. The topological polar surface area (TPSA) is 52.3 Å². The van der Waals surface area contributed by atoms with Gasteiger partial charge in [-0.05, 0) is 19.3 Å². The summed E-state index contributed by atoms with van der Waals surface area (Å²) in [5.74, 6) is -0.364. The van der Waals surface area contributed by atoms with E-state index in [1.807, 2.05) is 0 Å². The van der Waals surface area contributed by atoms with Crippen LogP contribution in [-0.2, 0) is 9.53 Å². The summed E-state index contributed by atoms with van der Waals surface area (Å²) in [4.78, 5) is 10.8. The summed E-state index contributed by atoms with van der Waals surface area (Å²) < 4.78 is 5.07. The predicted molar refractivity (Wildman–Crippen MR) is 46.5 cm³/mol. The molecular formula is C9H15NO2. The maximum atomic E-state index is 10.8. The average Bonchev–Trinajstić information content (AvgIpc) is 2.09. The van der Waals surface area contributed by atoms with E-state index in [0.29, 0.717) is 0 Å². The summed E-state index contributed by atoms with van der Waals surface area (Å²) in [5, 5.41) is 0. The first-order valence-electron chi connectivity index (χ1n) is 4.32. The highest BCUT2D eigenvalue weighted by Gasteiger charge is 2.24. The summed E-state index contributed by atoms with van der Waals surface area (Å²) in [6, 6.07) is 0.0163. The second-order valence-corrected chi connectivity index (χ2v) is 3.13. The van der Waals surface area contributed by atoms with Crippen molar-refractivity contribution in [1.82, 2.24) is 0 Å². The number of carbonyl (C=O) groups excluding carboxylic acids is 1. The highest BCUT2D eigenvalue weighted by atomic mass is 16.5. The molecule has 12 heavy (non-hydrogen) atoms. The lowest BCUT2D eigenvalue weighted by Crippen LogP contribution is -2.40. The molecule has 1 fully saturated rings. The molecule has 2 atom stereocenters. The molecule has 3 heteroatoms. The van der Waals surface area contributed by atoms with E-state index in [-0.39, 0.29) is 18.1 Å². The van der Waals surface area contributed by atoms with E-state index >= 15 is 0 Å². The largest absolute Gasteiger partial charge is 0.458 e. The molecule has 2 N–H and O–H groups in total. The quantitative estimate of drug-likeness (QED) is 0.495. The van der Waals surface area contributed by atoms with Crippen molar-refractivity contribution >= 4 is 5.97 Å². The number of carbonyl (C=O) groups is 1. The molecule has 1 saturated carbocycles. The lowest BCUT2D eigenvalue weighted by molar-refractivity contribution is -0.145. The van der Waals surface area contributed by atoms with Crippen LogP contribution >= 0.6 is 0 Å². The van der Waals surface area contributed by atoms with Gasteiger partial charge in [0.1, 0.15) is 6.10 Å². The fraction of sp³-hybridized carbons (Fsp3) is 0.667. The van der Waals surface area contributed by atoms with Crippen LogP contribution in [0.15, 0.2) is 12.7 Å². The van der Waals surface area contributed by atoms with Crippen LogP contribution in [0.4, 0.5) is 0 Å². The summed E-state index contributed by atoms with van der Waals surface area (Å²) in [7, 11) is 0. The van der Waals surface area contributed by atoms with Crippen molar-refractivity contribution in [2.45, 2.75) is 37.8 Å². The van der Waals surface area contributed by atoms with E-state index < -0.39 is 0 Å². The Labute approximate surface area is 72.6 Å². The van der Waals surface area contributed by atoms with Crippen molar-refractivity contribution in [1.29, 1.82) is 0 Å². The zero-order chi connectivity index (χ0) is 8.97. The molecule has 0 amide bonds. The van der Waals surface area contributed by atoms with Gasteiger partial charge in [0.05, 0.1) is 0 Å². The molecule has 0 saturated heterocycles. The Morgan fingerprint density at radius 2 is 2.17 bits per heavy atom. The molecule has 3 nitrogen and oxygen atoms in total. The molecule has 1 aliphatic carbocycles. The Kier molecular flexibility index (Phi) is 3.29. The van der Waals surface area contributed by atoms with Crippen LogP contribution < -0.4 is 5.73 Å². The number of hydrogen-bond acceptors (Lipinski definition) is 3. The number of hydrogen-bond donors (Lipinski definition) is 1. The normalized spacial score (nSPS) is 29.4. The first kappa shape index (κ1) is 9.26. The lowest BCUT2D eigenvalue weighted by atomic mass is 9.93. The Morgan fingerprint density at radius 1 is 1.50 bits per heavy atom. The van der Waals surface area contributed by atoms with Crippen molar-refractivity contribution in [3.63, 3.8) is 0 Å². The van der Waals surface area contributed by atoms with Crippen LogP contribution in [0.1, 0.15) is 25.7 Å². The van der Waals surface area contributed by atoms with Crippen LogP contribution in [0.25, 0.3) is 0 Å². The van der Waals surface area contributed by atoms with Gasteiger partial charge in [-0.2, -0.15) is 0 Å². The number of nitrogens with two attached hydrogens (primary N) is 1. The molecule has 68 valence electrons. The van der Waals surface area contributed by atoms with Crippen molar-refractivity contribution in [2.24, 2.45) is 5.73 Å². The van der Waals surface area contributed by atoms with E-state index in [2.05, 4.69) is 6.58 Å². The summed E-state index contributed by atoms with van der Waals surface area (Å²) in [6.45, 7) is 3.34. The van der Waals surface area contributed by atoms with Gasteiger partial charge in [-0.1, -0.05) is 13.0 Å². The molecule has 0 aromatic heterocycles. The first-order chi connectivity index (χ1) is 5.74. The number of ether oxygens (including phenoxy) is 1. The van der Waals surface area contributed by atoms with Crippen molar-refractivity contribution in [3.05, 3.63) is 12.7 Å². The summed E-state index contributed by atoms with van der Waals surface area (Å²) in [5.41, 5.74) is 5.77. The number of rotatable bonds is 2. The SMILES string of the molecule is C=CC(=O)OC1CCCCC1N. The van der Waals surface area contributed by atoms with Crippen LogP contribution in [0, 0.1) is 0 Å². The van der Waals surface area contributed by atoms with Crippen LogP contribution in [0.2, 0.25) is 0 Å². The zero-order valence-corrected chi connectivity index (χ0v) is 7.16. The fourth-order valence-corrected chi connectivity index (χ4v) is 1.47. The van der Waals surface area contributed by atoms with Crippen LogP contribution in [-0.4, -0.2) is 18.1 Å². The van der Waals surface area contributed by atoms with Gasteiger partial charge in [-0.15, -0.1) is 0 Å². The molecule has 1 rings (SSSR count). The minimum absolute atomic E-state index is 0.0163. The van der Waals surface area contributed by atoms with E-state index in [0.717, 1.165) is 25.7 Å². The van der Waals surface area contributed by atoms with Crippen molar-refractivity contribution in [2.75, 3.05) is 0 Å². The molecular weight excluding hydrogens is 154 g/mol. The van der Waals surface area contributed by atoms with Gasteiger partial charge < -0.3 is 10.5 Å². The zero-order valence-electron chi connectivity index (χ0n) is 7.16. The highest BCUT2D eigenvalue weighted by molar-refractivity contribution is 5.81. The smallest absolute Gasteiger partial charge is 0.330 e. The van der Waals surface area contributed by atoms with Gasteiger partial charge in [-0.3, -0.25) is 0 Å². The summed E-state index contributed by atoms with van der Waals surface area (Å²) >= 11 is 0. The standard InChI is InChI=1S/C9H15NO2/c1-2-9(11)12-8-6-4-3-5-7(8)10/h2,7-8H,1,3-6,10H2. The Balaban J connectivity index is 2.38. The van der Waals surface area contributed by atoms with Gasteiger partial charge in [0.25, 0.3) is 0 Å². The number of esters is 1.